The second kappa shape index (κ2) is 7.64. The molecule has 3 aliphatic rings. The molecule has 2 aliphatic heterocycles. The Balaban J connectivity index is 1.41. The molecule has 142 valence electrons. The molecule has 0 bridgehead atoms. The van der Waals surface area contributed by atoms with Crippen LogP contribution in [0.25, 0.3) is 6.08 Å². The first-order valence-electron chi connectivity index (χ1n) is 8.99. The Labute approximate surface area is 161 Å². The Morgan fingerprint density at radius 1 is 1.19 bits per heavy atom. The van der Waals surface area contributed by atoms with Gasteiger partial charge in [-0.25, -0.2) is 0 Å². The van der Waals surface area contributed by atoms with Crippen LogP contribution in [-0.4, -0.2) is 46.6 Å². The minimum Gasteiger partial charge on any atom is -0.454 e. The van der Waals surface area contributed by atoms with Gasteiger partial charge >= 0.3 is 0 Å². The predicted octanol–water partition coefficient (Wildman–Crippen LogP) is 2.55. The molecule has 0 spiro atoms. The smallest absolute Gasteiger partial charge is 0.289 e. The third kappa shape index (κ3) is 3.80. The average Bonchev–Trinajstić information content (AvgIpc) is 3.26. The molecule has 1 aromatic carbocycles. The molecule has 8 heteroatoms. The van der Waals surface area contributed by atoms with Crippen LogP contribution in [0.3, 0.4) is 0 Å². The minimum absolute atomic E-state index is 0.160. The molecule has 27 heavy (non-hydrogen) atoms. The SMILES string of the molecule is O=C(/C=C/c1ccc2c(c1)OCO2)N[C@H]1CCCC[C@H]1N1C(=O)CSC1=O. The van der Waals surface area contributed by atoms with Gasteiger partial charge in [0.25, 0.3) is 5.24 Å². The summed E-state index contributed by atoms with van der Waals surface area (Å²) >= 11 is 1.03. The normalized spacial score (nSPS) is 24.7. The van der Waals surface area contributed by atoms with Gasteiger partial charge in [0.1, 0.15) is 0 Å². The van der Waals surface area contributed by atoms with Gasteiger partial charge in [-0.3, -0.25) is 19.3 Å². The van der Waals surface area contributed by atoms with Crippen LogP contribution in [-0.2, 0) is 9.59 Å². The van der Waals surface area contributed by atoms with Crippen LogP contribution in [0.2, 0.25) is 0 Å². The highest BCUT2D eigenvalue weighted by Gasteiger charge is 2.40. The molecule has 2 atom stereocenters. The third-order valence-electron chi connectivity index (χ3n) is 5.00. The third-order valence-corrected chi connectivity index (χ3v) is 5.83. The topological polar surface area (TPSA) is 84.9 Å². The second-order valence-corrected chi connectivity index (χ2v) is 7.66. The van der Waals surface area contributed by atoms with Crippen molar-refractivity contribution in [3.63, 3.8) is 0 Å². The fraction of sp³-hybridized carbons (Fsp3) is 0.421. The molecule has 0 unspecified atom stereocenters. The first kappa shape index (κ1) is 17.9. The van der Waals surface area contributed by atoms with E-state index >= 15 is 0 Å². The largest absolute Gasteiger partial charge is 0.454 e. The summed E-state index contributed by atoms with van der Waals surface area (Å²) in [7, 11) is 0. The van der Waals surface area contributed by atoms with E-state index in [1.54, 1.807) is 12.1 Å². The molecule has 1 saturated heterocycles. The van der Waals surface area contributed by atoms with Crippen LogP contribution < -0.4 is 14.8 Å². The number of nitrogens with zero attached hydrogens (tertiary/aromatic N) is 1. The number of nitrogens with one attached hydrogen (secondary N) is 1. The summed E-state index contributed by atoms with van der Waals surface area (Å²) in [6, 6.07) is 5.00. The number of carbonyl (C=O) groups is 3. The van der Waals surface area contributed by atoms with Crippen molar-refractivity contribution >= 4 is 34.9 Å². The number of imide groups is 1. The molecule has 4 rings (SSSR count). The van der Waals surface area contributed by atoms with Gasteiger partial charge in [0, 0.05) is 6.08 Å². The lowest BCUT2D eigenvalue weighted by molar-refractivity contribution is -0.128. The first-order valence-corrected chi connectivity index (χ1v) is 9.97. The molecule has 1 N–H and O–H groups in total. The summed E-state index contributed by atoms with van der Waals surface area (Å²) in [5.41, 5.74) is 0.830. The maximum absolute atomic E-state index is 12.4. The highest BCUT2D eigenvalue weighted by Crippen LogP contribution is 2.33. The van der Waals surface area contributed by atoms with Crippen molar-refractivity contribution in [2.24, 2.45) is 0 Å². The Bertz CT molecular complexity index is 793. The van der Waals surface area contributed by atoms with E-state index in [1.165, 1.54) is 11.0 Å². The number of amides is 3. The number of hydrogen-bond donors (Lipinski definition) is 1. The van der Waals surface area contributed by atoms with E-state index in [2.05, 4.69) is 5.32 Å². The predicted molar refractivity (Wildman–Crippen MR) is 100 cm³/mol. The zero-order valence-corrected chi connectivity index (χ0v) is 15.5. The van der Waals surface area contributed by atoms with Gasteiger partial charge in [-0.1, -0.05) is 30.7 Å². The summed E-state index contributed by atoms with van der Waals surface area (Å²) in [5, 5.41) is 2.77. The summed E-state index contributed by atoms with van der Waals surface area (Å²) in [5.74, 6) is 1.15. The maximum atomic E-state index is 12.4. The monoisotopic (exact) mass is 388 g/mol. The fourth-order valence-electron chi connectivity index (χ4n) is 3.69. The number of ether oxygens (including phenoxy) is 2. The Hall–Kier alpha value is -2.48. The van der Waals surface area contributed by atoms with E-state index in [-0.39, 0.29) is 41.7 Å². The molecule has 1 aromatic rings. The molecular weight excluding hydrogens is 368 g/mol. The second-order valence-electron chi connectivity index (χ2n) is 6.73. The van der Waals surface area contributed by atoms with E-state index in [4.69, 9.17) is 9.47 Å². The summed E-state index contributed by atoms with van der Waals surface area (Å²) in [4.78, 5) is 37.8. The van der Waals surface area contributed by atoms with Gasteiger partial charge in [-0.15, -0.1) is 0 Å². The van der Waals surface area contributed by atoms with E-state index in [0.29, 0.717) is 11.5 Å². The zero-order chi connectivity index (χ0) is 18.8. The highest BCUT2D eigenvalue weighted by molar-refractivity contribution is 8.14. The lowest BCUT2D eigenvalue weighted by Crippen LogP contribution is -2.54. The Morgan fingerprint density at radius 3 is 2.81 bits per heavy atom. The van der Waals surface area contributed by atoms with Gasteiger partial charge in [0.2, 0.25) is 18.6 Å². The molecule has 7 nitrogen and oxygen atoms in total. The molecule has 1 aliphatic carbocycles. The number of hydrogen-bond acceptors (Lipinski definition) is 6. The van der Waals surface area contributed by atoms with Crippen molar-refractivity contribution < 1.29 is 23.9 Å². The molecular formula is C19H20N2O5S. The summed E-state index contributed by atoms with van der Waals surface area (Å²) in [6.07, 6.45) is 6.58. The van der Waals surface area contributed by atoms with E-state index < -0.39 is 0 Å². The fourth-order valence-corrected chi connectivity index (χ4v) is 4.46. The van der Waals surface area contributed by atoms with Gasteiger partial charge in [-0.05, 0) is 36.6 Å². The first-order chi connectivity index (χ1) is 13.1. The van der Waals surface area contributed by atoms with Gasteiger partial charge in [-0.2, -0.15) is 0 Å². The quantitative estimate of drug-likeness (QED) is 0.798. The van der Waals surface area contributed by atoms with Crippen molar-refractivity contribution in [1.82, 2.24) is 10.2 Å². The van der Waals surface area contributed by atoms with E-state index in [1.807, 2.05) is 12.1 Å². The van der Waals surface area contributed by atoms with E-state index in [0.717, 1.165) is 43.0 Å². The Kier molecular flexibility index (Phi) is 5.07. The lowest BCUT2D eigenvalue weighted by Gasteiger charge is -2.36. The highest BCUT2D eigenvalue weighted by atomic mass is 32.2. The van der Waals surface area contributed by atoms with Crippen molar-refractivity contribution in [3.05, 3.63) is 29.8 Å². The van der Waals surface area contributed by atoms with Crippen molar-refractivity contribution in [1.29, 1.82) is 0 Å². The molecule has 0 aromatic heterocycles. The molecule has 0 radical (unpaired) electrons. The average molecular weight is 388 g/mol. The molecule has 3 amide bonds. The number of rotatable bonds is 4. The Morgan fingerprint density at radius 2 is 2.00 bits per heavy atom. The molecule has 2 heterocycles. The number of fused-ring (bicyclic) bond motifs is 1. The van der Waals surface area contributed by atoms with Crippen LogP contribution in [0.5, 0.6) is 11.5 Å². The van der Waals surface area contributed by atoms with Crippen LogP contribution in [0.15, 0.2) is 24.3 Å². The van der Waals surface area contributed by atoms with Gasteiger partial charge < -0.3 is 14.8 Å². The van der Waals surface area contributed by atoms with Crippen molar-refractivity contribution in [3.8, 4) is 11.5 Å². The minimum atomic E-state index is -0.253. The van der Waals surface area contributed by atoms with Crippen molar-refractivity contribution in [2.75, 3.05) is 12.5 Å². The number of benzene rings is 1. The summed E-state index contributed by atoms with van der Waals surface area (Å²) in [6.45, 7) is 0.207. The van der Waals surface area contributed by atoms with Crippen LogP contribution in [0.4, 0.5) is 4.79 Å². The van der Waals surface area contributed by atoms with Crippen LogP contribution in [0.1, 0.15) is 31.2 Å². The maximum Gasteiger partial charge on any atom is 0.289 e. The van der Waals surface area contributed by atoms with Gasteiger partial charge in [0.05, 0.1) is 17.8 Å². The number of carbonyl (C=O) groups excluding carboxylic acids is 3. The zero-order valence-electron chi connectivity index (χ0n) is 14.7. The summed E-state index contributed by atoms with van der Waals surface area (Å²) < 4.78 is 10.6. The standard InChI is InChI=1S/C19H20N2O5S/c22-17(8-6-12-5-7-15-16(9-12)26-11-25-15)20-13-3-1-2-4-14(13)21-18(23)10-27-19(21)24/h5-9,13-14H,1-4,10-11H2,(H,20,22)/b8-6+/t13-,14+/m0/s1. The van der Waals surface area contributed by atoms with Crippen LogP contribution in [0, 0.1) is 0 Å². The molecule has 1 saturated carbocycles. The lowest BCUT2D eigenvalue weighted by atomic mass is 9.89. The van der Waals surface area contributed by atoms with Crippen LogP contribution >= 0.6 is 11.8 Å². The van der Waals surface area contributed by atoms with Crippen molar-refractivity contribution in [2.45, 2.75) is 37.8 Å². The molecule has 2 fully saturated rings. The van der Waals surface area contributed by atoms with E-state index in [9.17, 15) is 14.4 Å². The number of thioether (sulfide) groups is 1. The van der Waals surface area contributed by atoms with Gasteiger partial charge in [0.15, 0.2) is 11.5 Å².